The molecule has 88 valence electrons. The molecule has 1 amide bonds. The first-order valence-corrected chi connectivity index (χ1v) is 6.37. The van der Waals surface area contributed by atoms with Crippen molar-refractivity contribution in [2.45, 2.75) is 19.2 Å². The maximum absolute atomic E-state index is 11.0. The molecule has 0 atom stereocenters. The quantitative estimate of drug-likeness (QED) is 0.863. The number of alkyl halides is 1. The molecule has 0 saturated heterocycles. The SMILES string of the molecule is CCOc1cc(NC(C)=O)c(Cl)cc1CBr. The fourth-order valence-electron chi connectivity index (χ4n) is 1.27. The molecule has 0 aliphatic heterocycles. The number of hydrogen-bond acceptors (Lipinski definition) is 2. The van der Waals surface area contributed by atoms with Gasteiger partial charge in [0.15, 0.2) is 0 Å². The zero-order valence-corrected chi connectivity index (χ0v) is 11.5. The number of benzene rings is 1. The van der Waals surface area contributed by atoms with Crippen LogP contribution in [0.15, 0.2) is 12.1 Å². The minimum atomic E-state index is -0.157. The van der Waals surface area contributed by atoms with Gasteiger partial charge in [0.1, 0.15) is 5.75 Å². The summed E-state index contributed by atoms with van der Waals surface area (Å²) in [4.78, 5) is 11.0. The molecule has 5 heteroatoms. The van der Waals surface area contributed by atoms with Gasteiger partial charge >= 0.3 is 0 Å². The summed E-state index contributed by atoms with van der Waals surface area (Å²) < 4.78 is 5.47. The summed E-state index contributed by atoms with van der Waals surface area (Å²) in [5, 5.41) is 3.82. The molecule has 0 bridgehead atoms. The first-order valence-electron chi connectivity index (χ1n) is 4.87. The highest BCUT2D eigenvalue weighted by Gasteiger charge is 2.09. The standard InChI is InChI=1S/C11H13BrClNO2/c1-3-16-11-5-10(14-7(2)15)9(13)4-8(11)6-12/h4-5H,3,6H2,1-2H3,(H,14,15). The van der Waals surface area contributed by atoms with Gasteiger partial charge in [0.25, 0.3) is 0 Å². The van der Waals surface area contributed by atoms with Crippen molar-refractivity contribution in [2.24, 2.45) is 0 Å². The van der Waals surface area contributed by atoms with E-state index in [4.69, 9.17) is 16.3 Å². The Hall–Kier alpha value is -0.740. The van der Waals surface area contributed by atoms with Crippen molar-refractivity contribution in [3.8, 4) is 5.75 Å². The number of anilines is 1. The normalized spacial score (nSPS) is 10.0. The summed E-state index contributed by atoms with van der Waals surface area (Å²) in [7, 11) is 0. The van der Waals surface area contributed by atoms with E-state index in [-0.39, 0.29) is 5.91 Å². The molecule has 0 unspecified atom stereocenters. The van der Waals surface area contributed by atoms with E-state index in [1.54, 1.807) is 12.1 Å². The van der Waals surface area contributed by atoms with Crippen LogP contribution in [0.2, 0.25) is 5.02 Å². The zero-order valence-electron chi connectivity index (χ0n) is 9.14. The van der Waals surface area contributed by atoms with Crippen LogP contribution < -0.4 is 10.1 Å². The van der Waals surface area contributed by atoms with Crippen LogP contribution in [-0.4, -0.2) is 12.5 Å². The maximum Gasteiger partial charge on any atom is 0.221 e. The molecule has 0 aromatic heterocycles. The monoisotopic (exact) mass is 305 g/mol. The van der Waals surface area contributed by atoms with Crippen LogP contribution in [0.25, 0.3) is 0 Å². The molecule has 1 aromatic carbocycles. The maximum atomic E-state index is 11.0. The van der Waals surface area contributed by atoms with Crippen molar-refractivity contribution in [3.05, 3.63) is 22.7 Å². The summed E-state index contributed by atoms with van der Waals surface area (Å²) in [6.45, 7) is 3.92. The smallest absolute Gasteiger partial charge is 0.221 e. The summed E-state index contributed by atoms with van der Waals surface area (Å²) in [5.41, 5.74) is 1.53. The summed E-state index contributed by atoms with van der Waals surface area (Å²) in [6, 6.07) is 3.52. The number of carbonyl (C=O) groups excluding carboxylic acids is 1. The first kappa shape index (κ1) is 13.3. The number of nitrogens with one attached hydrogen (secondary N) is 1. The molecule has 1 aromatic rings. The Kier molecular flexibility index (Phi) is 5.09. The topological polar surface area (TPSA) is 38.3 Å². The molecule has 16 heavy (non-hydrogen) atoms. The fraction of sp³-hybridized carbons (Fsp3) is 0.364. The van der Waals surface area contributed by atoms with Gasteiger partial charge in [0.05, 0.1) is 17.3 Å². The molecule has 1 rings (SSSR count). The van der Waals surface area contributed by atoms with Gasteiger partial charge in [-0.05, 0) is 13.0 Å². The van der Waals surface area contributed by atoms with Crippen LogP contribution in [0.5, 0.6) is 5.75 Å². The highest BCUT2D eigenvalue weighted by atomic mass is 79.9. The summed E-state index contributed by atoms with van der Waals surface area (Å²) in [5.74, 6) is 0.573. The second-order valence-corrected chi connectivity index (χ2v) is 4.16. The molecular formula is C11H13BrClNO2. The van der Waals surface area contributed by atoms with Gasteiger partial charge in [0.2, 0.25) is 5.91 Å². The summed E-state index contributed by atoms with van der Waals surface area (Å²) in [6.07, 6.45) is 0. The number of rotatable bonds is 4. The molecule has 0 heterocycles. The summed E-state index contributed by atoms with van der Waals surface area (Å²) >= 11 is 9.40. The predicted octanol–water partition coefficient (Wildman–Crippen LogP) is 3.59. The lowest BCUT2D eigenvalue weighted by Gasteiger charge is -2.12. The van der Waals surface area contributed by atoms with Crippen molar-refractivity contribution >= 4 is 39.1 Å². The zero-order chi connectivity index (χ0) is 12.1. The largest absolute Gasteiger partial charge is 0.493 e. The fourth-order valence-corrected chi connectivity index (χ4v) is 1.95. The lowest BCUT2D eigenvalue weighted by Crippen LogP contribution is -2.07. The van der Waals surface area contributed by atoms with Gasteiger partial charge in [-0.1, -0.05) is 27.5 Å². The van der Waals surface area contributed by atoms with Gasteiger partial charge in [-0.3, -0.25) is 4.79 Å². The molecule has 0 radical (unpaired) electrons. The number of ether oxygens (including phenoxy) is 1. The second-order valence-electron chi connectivity index (χ2n) is 3.19. The van der Waals surface area contributed by atoms with E-state index < -0.39 is 0 Å². The highest BCUT2D eigenvalue weighted by Crippen LogP contribution is 2.32. The van der Waals surface area contributed by atoms with E-state index in [0.29, 0.717) is 22.6 Å². The van der Waals surface area contributed by atoms with E-state index >= 15 is 0 Å². The van der Waals surface area contributed by atoms with Gasteiger partial charge in [-0.25, -0.2) is 0 Å². The van der Waals surface area contributed by atoms with Crippen LogP contribution in [0.1, 0.15) is 19.4 Å². The van der Waals surface area contributed by atoms with Crippen LogP contribution in [0.4, 0.5) is 5.69 Å². The lowest BCUT2D eigenvalue weighted by molar-refractivity contribution is -0.114. The van der Waals surface area contributed by atoms with E-state index in [1.807, 2.05) is 6.92 Å². The number of halogens is 2. The van der Waals surface area contributed by atoms with Crippen molar-refractivity contribution in [3.63, 3.8) is 0 Å². The molecular weight excluding hydrogens is 293 g/mol. The Bertz CT molecular complexity index is 396. The van der Waals surface area contributed by atoms with E-state index in [0.717, 1.165) is 11.3 Å². The third-order valence-corrected chi connectivity index (χ3v) is 2.82. The molecule has 0 aliphatic carbocycles. The average molecular weight is 307 g/mol. The van der Waals surface area contributed by atoms with Gasteiger partial charge < -0.3 is 10.1 Å². The van der Waals surface area contributed by atoms with Crippen LogP contribution in [-0.2, 0) is 10.1 Å². The molecule has 0 fully saturated rings. The minimum absolute atomic E-state index is 0.157. The van der Waals surface area contributed by atoms with Crippen molar-refractivity contribution < 1.29 is 9.53 Å². The van der Waals surface area contributed by atoms with Crippen molar-refractivity contribution in [2.75, 3.05) is 11.9 Å². The Balaban J connectivity index is 3.10. The van der Waals surface area contributed by atoms with Gasteiger partial charge in [-0.2, -0.15) is 0 Å². The van der Waals surface area contributed by atoms with E-state index in [2.05, 4.69) is 21.2 Å². The molecule has 0 aliphatic rings. The third kappa shape index (κ3) is 3.39. The lowest BCUT2D eigenvalue weighted by atomic mass is 10.2. The molecule has 0 saturated carbocycles. The van der Waals surface area contributed by atoms with Crippen LogP contribution >= 0.6 is 27.5 Å². The predicted molar refractivity (Wildman–Crippen MR) is 69.6 cm³/mol. The van der Waals surface area contributed by atoms with E-state index in [9.17, 15) is 4.79 Å². The van der Waals surface area contributed by atoms with E-state index in [1.165, 1.54) is 6.92 Å². The molecule has 0 spiro atoms. The Morgan fingerprint density at radius 3 is 2.75 bits per heavy atom. The first-order chi connectivity index (χ1) is 7.58. The van der Waals surface area contributed by atoms with Crippen LogP contribution in [0.3, 0.4) is 0 Å². The third-order valence-electron chi connectivity index (χ3n) is 1.90. The van der Waals surface area contributed by atoms with Crippen molar-refractivity contribution in [1.82, 2.24) is 0 Å². The van der Waals surface area contributed by atoms with Gasteiger partial charge in [0, 0.05) is 23.9 Å². The molecule has 3 nitrogen and oxygen atoms in total. The number of carbonyl (C=O) groups is 1. The number of hydrogen-bond donors (Lipinski definition) is 1. The Labute approximate surface area is 108 Å². The van der Waals surface area contributed by atoms with Crippen molar-refractivity contribution in [1.29, 1.82) is 0 Å². The average Bonchev–Trinajstić information content (AvgIpc) is 2.22. The number of amides is 1. The van der Waals surface area contributed by atoms with Crippen LogP contribution in [0, 0.1) is 0 Å². The Morgan fingerprint density at radius 2 is 2.25 bits per heavy atom. The Morgan fingerprint density at radius 1 is 1.56 bits per heavy atom. The molecule has 1 N–H and O–H groups in total. The minimum Gasteiger partial charge on any atom is -0.493 e. The highest BCUT2D eigenvalue weighted by molar-refractivity contribution is 9.08. The second kappa shape index (κ2) is 6.11. The van der Waals surface area contributed by atoms with Gasteiger partial charge in [-0.15, -0.1) is 0 Å².